The number of hydrogen-bond acceptors (Lipinski definition) is 4. The number of halogens is 1. The number of rotatable bonds is 2. The third kappa shape index (κ3) is 2.52. The number of nitrogens with two attached hydrogens (primary N) is 1. The molecule has 18 heavy (non-hydrogen) atoms. The van der Waals surface area contributed by atoms with E-state index < -0.39 is 5.91 Å². The van der Waals surface area contributed by atoms with Gasteiger partial charge in [0.25, 0.3) is 5.91 Å². The van der Waals surface area contributed by atoms with Gasteiger partial charge in [0.2, 0.25) is 0 Å². The summed E-state index contributed by atoms with van der Waals surface area (Å²) in [6.45, 7) is 1.90. The molecule has 2 rings (SSSR count). The standard InChI is InChI=1S/C12H18ClN3OS/c1-7-15-11(13)9(12(14)17)10(16(7)18)8-5-3-2-4-6-8/h7-8,18H,2-6H2,1H3,(H2,14,17). The van der Waals surface area contributed by atoms with Crippen molar-refractivity contribution in [3.8, 4) is 0 Å². The third-order valence-corrected chi connectivity index (χ3v) is 4.44. The summed E-state index contributed by atoms with van der Waals surface area (Å²) in [6, 6.07) is 0. The van der Waals surface area contributed by atoms with E-state index >= 15 is 0 Å². The summed E-state index contributed by atoms with van der Waals surface area (Å²) < 4.78 is 1.74. The van der Waals surface area contributed by atoms with Gasteiger partial charge in [0.1, 0.15) is 11.3 Å². The van der Waals surface area contributed by atoms with Crippen LogP contribution in [0.2, 0.25) is 0 Å². The normalized spacial score (nSPS) is 26.3. The Bertz CT molecular complexity index is 416. The first-order chi connectivity index (χ1) is 8.52. The van der Waals surface area contributed by atoms with E-state index in [0.29, 0.717) is 11.5 Å². The lowest BCUT2D eigenvalue weighted by Crippen LogP contribution is -2.37. The molecule has 100 valence electrons. The minimum Gasteiger partial charge on any atom is -0.365 e. The maximum Gasteiger partial charge on any atom is 0.253 e. The Hall–Kier alpha value is -0.680. The third-order valence-electron chi connectivity index (χ3n) is 3.60. The Labute approximate surface area is 118 Å². The van der Waals surface area contributed by atoms with E-state index in [1.165, 1.54) is 19.3 Å². The van der Waals surface area contributed by atoms with Gasteiger partial charge in [-0.1, -0.05) is 43.7 Å². The molecule has 1 heterocycles. The van der Waals surface area contributed by atoms with Crippen molar-refractivity contribution < 1.29 is 4.79 Å². The summed E-state index contributed by atoms with van der Waals surface area (Å²) in [5, 5.41) is 0.223. The highest BCUT2D eigenvalue weighted by Crippen LogP contribution is 2.37. The monoisotopic (exact) mass is 287 g/mol. The van der Waals surface area contributed by atoms with E-state index in [-0.39, 0.29) is 11.3 Å². The first-order valence-corrected chi connectivity index (χ1v) is 7.06. The maximum absolute atomic E-state index is 11.6. The molecule has 1 aliphatic heterocycles. The fourth-order valence-electron chi connectivity index (χ4n) is 2.70. The van der Waals surface area contributed by atoms with Crippen LogP contribution in [0.5, 0.6) is 0 Å². The van der Waals surface area contributed by atoms with E-state index in [1.54, 1.807) is 4.31 Å². The van der Waals surface area contributed by atoms with Gasteiger partial charge in [-0.25, -0.2) is 4.99 Å². The van der Waals surface area contributed by atoms with Crippen molar-refractivity contribution in [2.75, 3.05) is 0 Å². The Kier molecular flexibility index (Phi) is 4.22. The van der Waals surface area contributed by atoms with Gasteiger partial charge in [0.15, 0.2) is 0 Å². The second-order valence-electron chi connectivity index (χ2n) is 4.86. The zero-order valence-electron chi connectivity index (χ0n) is 10.4. The molecule has 6 heteroatoms. The molecule has 1 amide bonds. The lowest BCUT2D eigenvalue weighted by atomic mass is 9.84. The Balaban J connectivity index is 2.42. The smallest absolute Gasteiger partial charge is 0.253 e. The first-order valence-electron chi connectivity index (χ1n) is 6.28. The zero-order valence-corrected chi connectivity index (χ0v) is 12.0. The van der Waals surface area contributed by atoms with Crippen LogP contribution in [0.1, 0.15) is 39.0 Å². The molecule has 0 aromatic rings. The average molecular weight is 288 g/mol. The van der Waals surface area contributed by atoms with Gasteiger partial charge in [0, 0.05) is 11.6 Å². The molecule has 1 saturated carbocycles. The Morgan fingerprint density at radius 3 is 2.61 bits per heavy atom. The number of carbonyl (C=O) groups is 1. The zero-order chi connectivity index (χ0) is 13.3. The predicted octanol–water partition coefficient (Wildman–Crippen LogP) is 2.45. The van der Waals surface area contributed by atoms with E-state index in [2.05, 4.69) is 17.8 Å². The number of amides is 1. The summed E-state index contributed by atoms with van der Waals surface area (Å²) in [5.41, 5.74) is 6.64. The molecule has 4 nitrogen and oxygen atoms in total. The number of carbonyl (C=O) groups excluding carboxylic acids is 1. The molecule has 0 bridgehead atoms. The first kappa shape index (κ1) is 13.7. The highest BCUT2D eigenvalue weighted by atomic mass is 35.5. The van der Waals surface area contributed by atoms with Gasteiger partial charge in [-0.15, -0.1) is 0 Å². The number of aliphatic imine (C=N–C) groups is 1. The number of hydrogen-bond donors (Lipinski definition) is 2. The van der Waals surface area contributed by atoms with Crippen LogP contribution < -0.4 is 5.73 Å². The van der Waals surface area contributed by atoms with Crippen molar-refractivity contribution in [2.45, 2.75) is 45.2 Å². The van der Waals surface area contributed by atoms with Gasteiger partial charge in [0.05, 0.1) is 5.57 Å². The van der Waals surface area contributed by atoms with Crippen LogP contribution in [0.25, 0.3) is 0 Å². The SMILES string of the molecule is CC1N=C(Cl)C(C(N)=O)=C(C2CCCCC2)N1S. The van der Waals surface area contributed by atoms with Gasteiger partial charge >= 0.3 is 0 Å². The minimum atomic E-state index is -0.518. The van der Waals surface area contributed by atoms with Crippen molar-refractivity contribution in [3.63, 3.8) is 0 Å². The van der Waals surface area contributed by atoms with Crippen LogP contribution in [0.15, 0.2) is 16.3 Å². The Morgan fingerprint density at radius 2 is 2.06 bits per heavy atom. The van der Waals surface area contributed by atoms with Crippen LogP contribution >= 0.6 is 24.4 Å². The minimum absolute atomic E-state index is 0.166. The molecule has 1 atom stereocenters. The Morgan fingerprint density at radius 1 is 1.44 bits per heavy atom. The average Bonchev–Trinajstić information content (AvgIpc) is 2.34. The van der Waals surface area contributed by atoms with Gasteiger partial charge in [-0.2, -0.15) is 0 Å². The second-order valence-corrected chi connectivity index (χ2v) is 5.64. The van der Waals surface area contributed by atoms with Gasteiger partial charge < -0.3 is 5.73 Å². The topological polar surface area (TPSA) is 58.7 Å². The largest absolute Gasteiger partial charge is 0.365 e. The van der Waals surface area contributed by atoms with Crippen LogP contribution in [0, 0.1) is 5.92 Å². The predicted molar refractivity (Wildman–Crippen MR) is 76.4 cm³/mol. The fourth-order valence-corrected chi connectivity index (χ4v) is 3.35. The van der Waals surface area contributed by atoms with Crippen molar-refractivity contribution in [2.24, 2.45) is 16.6 Å². The van der Waals surface area contributed by atoms with E-state index in [1.807, 2.05) is 6.92 Å². The molecule has 0 spiro atoms. The maximum atomic E-state index is 11.6. The molecule has 0 radical (unpaired) electrons. The lowest BCUT2D eigenvalue weighted by Gasteiger charge is -2.36. The summed E-state index contributed by atoms with van der Waals surface area (Å²) in [6.07, 6.45) is 5.54. The van der Waals surface area contributed by atoms with Crippen LogP contribution in [0.3, 0.4) is 0 Å². The molecule has 0 aromatic heterocycles. The highest BCUT2D eigenvalue weighted by Gasteiger charge is 2.33. The lowest BCUT2D eigenvalue weighted by molar-refractivity contribution is -0.114. The van der Waals surface area contributed by atoms with Crippen molar-refractivity contribution >= 4 is 35.5 Å². The van der Waals surface area contributed by atoms with E-state index in [0.717, 1.165) is 18.5 Å². The van der Waals surface area contributed by atoms with Crippen molar-refractivity contribution in [1.29, 1.82) is 0 Å². The summed E-state index contributed by atoms with van der Waals surface area (Å²) in [5.74, 6) is -0.208. The van der Waals surface area contributed by atoms with Crippen molar-refractivity contribution in [3.05, 3.63) is 11.3 Å². The molecule has 0 aromatic carbocycles. The van der Waals surface area contributed by atoms with Gasteiger partial charge in [-0.05, 0) is 19.8 Å². The second kappa shape index (κ2) is 5.53. The number of primary amides is 1. The quantitative estimate of drug-likeness (QED) is 0.767. The number of nitrogens with zero attached hydrogens (tertiary/aromatic N) is 2. The van der Waals surface area contributed by atoms with E-state index in [9.17, 15) is 4.79 Å². The van der Waals surface area contributed by atoms with Crippen LogP contribution in [-0.2, 0) is 4.79 Å². The molecule has 1 aliphatic carbocycles. The van der Waals surface area contributed by atoms with Crippen molar-refractivity contribution in [1.82, 2.24) is 4.31 Å². The molecule has 2 N–H and O–H groups in total. The van der Waals surface area contributed by atoms with E-state index in [4.69, 9.17) is 17.3 Å². The summed E-state index contributed by atoms with van der Waals surface area (Å²) in [7, 11) is 0. The molecule has 1 unspecified atom stereocenters. The van der Waals surface area contributed by atoms with Crippen LogP contribution in [0.4, 0.5) is 0 Å². The van der Waals surface area contributed by atoms with Crippen LogP contribution in [-0.4, -0.2) is 21.5 Å². The fraction of sp³-hybridized carbons (Fsp3) is 0.667. The number of allylic oxidation sites excluding steroid dienone is 1. The molecular formula is C12H18ClN3OS. The molecule has 2 aliphatic rings. The summed E-state index contributed by atoms with van der Waals surface area (Å²) in [4.78, 5) is 15.8. The molecular weight excluding hydrogens is 270 g/mol. The van der Waals surface area contributed by atoms with Gasteiger partial charge in [-0.3, -0.25) is 9.10 Å². The molecule has 1 fully saturated rings. The highest BCUT2D eigenvalue weighted by molar-refractivity contribution is 7.77. The molecule has 0 saturated heterocycles. The number of thiol groups is 1. The summed E-state index contributed by atoms with van der Waals surface area (Å²) >= 11 is 10.5.